The summed E-state index contributed by atoms with van der Waals surface area (Å²) in [5.41, 5.74) is 0.776. The van der Waals surface area contributed by atoms with Crippen LogP contribution in [-0.4, -0.2) is 25.8 Å². The van der Waals surface area contributed by atoms with E-state index in [1.165, 1.54) is 0 Å². The Labute approximate surface area is 105 Å². The minimum atomic E-state index is -0.853. The van der Waals surface area contributed by atoms with Crippen molar-refractivity contribution in [2.75, 3.05) is 0 Å². The van der Waals surface area contributed by atoms with Gasteiger partial charge in [-0.1, -0.05) is 30.3 Å². The van der Waals surface area contributed by atoms with Crippen molar-refractivity contribution in [2.45, 2.75) is 26.3 Å². The van der Waals surface area contributed by atoms with Crippen LogP contribution in [0.4, 0.5) is 0 Å². The highest BCUT2D eigenvalue weighted by molar-refractivity contribution is 5.75. The number of benzene rings is 1. The largest absolute Gasteiger partial charge is 0.481 e. The van der Waals surface area contributed by atoms with Crippen LogP contribution < -0.4 is 0 Å². The maximum Gasteiger partial charge on any atom is 0.312 e. The Kier molecular flexibility index (Phi) is 3.41. The summed E-state index contributed by atoms with van der Waals surface area (Å²) in [5, 5.41) is 13.5. The van der Waals surface area contributed by atoms with Crippen molar-refractivity contribution in [3.05, 3.63) is 47.5 Å². The highest BCUT2D eigenvalue weighted by Gasteiger charge is 2.21. The van der Waals surface area contributed by atoms with Gasteiger partial charge in [-0.15, -0.1) is 0 Å². The van der Waals surface area contributed by atoms with Crippen LogP contribution in [0.15, 0.2) is 30.3 Å². The van der Waals surface area contributed by atoms with Crippen LogP contribution in [0.3, 0.4) is 0 Å². The lowest BCUT2D eigenvalue weighted by molar-refractivity contribution is -0.139. The van der Waals surface area contributed by atoms with Crippen LogP contribution in [0, 0.1) is 13.8 Å². The maximum absolute atomic E-state index is 11.4. The molecule has 1 heterocycles. The summed E-state index contributed by atoms with van der Waals surface area (Å²) in [4.78, 5) is 15.5. The first-order valence-electron chi connectivity index (χ1n) is 5.73. The Morgan fingerprint density at radius 2 is 2.00 bits per heavy atom. The van der Waals surface area contributed by atoms with Gasteiger partial charge in [0.25, 0.3) is 0 Å². The van der Waals surface area contributed by atoms with Crippen molar-refractivity contribution in [1.29, 1.82) is 0 Å². The van der Waals surface area contributed by atoms with E-state index in [1.54, 1.807) is 11.6 Å². The number of carboxylic acids is 1. The molecule has 1 unspecified atom stereocenters. The van der Waals surface area contributed by atoms with Gasteiger partial charge in [0.2, 0.25) is 0 Å². The maximum atomic E-state index is 11.4. The van der Waals surface area contributed by atoms with Crippen molar-refractivity contribution >= 4 is 5.97 Å². The molecule has 94 valence electrons. The second kappa shape index (κ2) is 5.00. The molecule has 2 aromatic rings. The zero-order valence-corrected chi connectivity index (χ0v) is 10.4. The molecule has 0 radical (unpaired) electrons. The van der Waals surface area contributed by atoms with E-state index in [0.29, 0.717) is 12.4 Å². The van der Waals surface area contributed by atoms with E-state index in [1.807, 2.05) is 37.3 Å². The Bertz CT molecular complexity index is 549. The molecule has 18 heavy (non-hydrogen) atoms. The third kappa shape index (κ3) is 2.56. The summed E-state index contributed by atoms with van der Waals surface area (Å²) >= 11 is 0. The van der Waals surface area contributed by atoms with Crippen LogP contribution in [0.1, 0.15) is 23.1 Å². The van der Waals surface area contributed by atoms with Gasteiger partial charge in [0.15, 0.2) is 0 Å². The second-order valence-corrected chi connectivity index (χ2v) is 4.19. The van der Waals surface area contributed by atoms with Gasteiger partial charge in [0.05, 0.1) is 6.54 Å². The van der Waals surface area contributed by atoms with E-state index in [-0.39, 0.29) is 0 Å². The Morgan fingerprint density at radius 1 is 1.33 bits per heavy atom. The number of aromatic nitrogens is 3. The fraction of sp³-hybridized carbons (Fsp3) is 0.308. The second-order valence-electron chi connectivity index (χ2n) is 4.19. The topological polar surface area (TPSA) is 68.0 Å². The molecule has 0 aliphatic rings. The van der Waals surface area contributed by atoms with E-state index >= 15 is 0 Å². The number of aryl methyl sites for hydroxylation is 2. The first kappa shape index (κ1) is 12.3. The van der Waals surface area contributed by atoms with Gasteiger partial charge in [-0.2, -0.15) is 5.10 Å². The molecule has 0 bridgehead atoms. The van der Waals surface area contributed by atoms with Gasteiger partial charge in [0.1, 0.15) is 17.6 Å². The molecule has 2 rings (SSSR count). The zero-order chi connectivity index (χ0) is 13.1. The van der Waals surface area contributed by atoms with Gasteiger partial charge in [-0.3, -0.25) is 4.79 Å². The van der Waals surface area contributed by atoms with Crippen molar-refractivity contribution < 1.29 is 9.90 Å². The summed E-state index contributed by atoms with van der Waals surface area (Å²) < 4.78 is 1.64. The molecule has 0 aliphatic heterocycles. The number of carbonyl (C=O) groups is 1. The summed E-state index contributed by atoms with van der Waals surface area (Å²) in [6.07, 6.45) is 0. The average Bonchev–Trinajstić information content (AvgIpc) is 2.65. The van der Waals surface area contributed by atoms with Crippen LogP contribution in [0.25, 0.3) is 0 Å². The highest BCUT2D eigenvalue weighted by Crippen LogP contribution is 2.18. The highest BCUT2D eigenvalue weighted by atomic mass is 16.4. The zero-order valence-electron chi connectivity index (χ0n) is 10.4. The van der Waals surface area contributed by atoms with Crippen LogP contribution >= 0.6 is 0 Å². The lowest BCUT2D eigenvalue weighted by atomic mass is 9.99. The number of rotatable bonds is 4. The van der Waals surface area contributed by atoms with E-state index in [0.717, 1.165) is 11.4 Å². The minimum absolute atomic E-state index is 0.298. The fourth-order valence-corrected chi connectivity index (χ4v) is 1.92. The first-order valence-corrected chi connectivity index (χ1v) is 5.73. The van der Waals surface area contributed by atoms with E-state index in [2.05, 4.69) is 10.1 Å². The average molecular weight is 245 g/mol. The Morgan fingerprint density at radius 3 is 2.50 bits per heavy atom. The molecule has 1 aromatic carbocycles. The lowest BCUT2D eigenvalue weighted by Gasteiger charge is -2.13. The van der Waals surface area contributed by atoms with Crippen molar-refractivity contribution in [3.63, 3.8) is 0 Å². The Balaban J connectivity index is 2.28. The molecule has 0 aliphatic carbocycles. The Hall–Kier alpha value is -2.17. The molecule has 0 spiro atoms. The normalized spacial score (nSPS) is 12.3. The van der Waals surface area contributed by atoms with Crippen molar-refractivity contribution in [3.8, 4) is 0 Å². The molecule has 0 fully saturated rings. The van der Waals surface area contributed by atoms with Gasteiger partial charge < -0.3 is 5.11 Å². The van der Waals surface area contributed by atoms with Gasteiger partial charge in [0, 0.05) is 0 Å². The van der Waals surface area contributed by atoms with Gasteiger partial charge >= 0.3 is 5.97 Å². The predicted molar refractivity (Wildman–Crippen MR) is 66.3 cm³/mol. The predicted octanol–water partition coefficient (Wildman–Crippen LogP) is 1.76. The molecule has 1 N–H and O–H groups in total. The van der Waals surface area contributed by atoms with Crippen LogP contribution in [0.5, 0.6) is 0 Å². The molecular formula is C13H15N3O2. The van der Waals surface area contributed by atoms with Gasteiger partial charge in [-0.05, 0) is 19.4 Å². The molecule has 0 amide bonds. The summed E-state index contributed by atoms with van der Waals surface area (Å²) in [6.45, 7) is 3.91. The number of carboxylic acid groups (broad SMARTS) is 1. The molecule has 1 aromatic heterocycles. The number of nitrogens with zero attached hydrogens (tertiary/aromatic N) is 3. The molecule has 0 saturated heterocycles. The molecule has 5 nitrogen and oxygen atoms in total. The van der Waals surface area contributed by atoms with Crippen LogP contribution in [0.2, 0.25) is 0 Å². The fourth-order valence-electron chi connectivity index (χ4n) is 1.92. The molecular weight excluding hydrogens is 230 g/mol. The molecule has 0 saturated carbocycles. The SMILES string of the molecule is Cc1nc(C)n(CC(C(=O)O)c2ccccc2)n1. The van der Waals surface area contributed by atoms with Crippen molar-refractivity contribution in [2.24, 2.45) is 0 Å². The third-order valence-electron chi connectivity index (χ3n) is 2.82. The van der Waals surface area contributed by atoms with Gasteiger partial charge in [-0.25, -0.2) is 9.67 Å². The van der Waals surface area contributed by atoms with E-state index in [9.17, 15) is 9.90 Å². The lowest BCUT2D eigenvalue weighted by Crippen LogP contribution is -2.19. The quantitative estimate of drug-likeness (QED) is 0.891. The monoisotopic (exact) mass is 245 g/mol. The summed E-state index contributed by atoms with van der Waals surface area (Å²) in [7, 11) is 0. The molecule has 1 atom stereocenters. The summed E-state index contributed by atoms with van der Waals surface area (Å²) in [5.74, 6) is -0.0702. The standard InChI is InChI=1S/C13H15N3O2/c1-9-14-10(2)16(15-9)8-12(13(17)18)11-6-4-3-5-7-11/h3-7,12H,8H2,1-2H3,(H,17,18). The number of hydrogen-bond donors (Lipinski definition) is 1. The minimum Gasteiger partial charge on any atom is -0.481 e. The van der Waals surface area contributed by atoms with Crippen LogP contribution in [-0.2, 0) is 11.3 Å². The number of hydrogen-bond acceptors (Lipinski definition) is 3. The summed E-state index contributed by atoms with van der Waals surface area (Å²) in [6, 6.07) is 9.18. The van der Waals surface area contributed by atoms with Crippen molar-refractivity contribution in [1.82, 2.24) is 14.8 Å². The number of aliphatic carboxylic acids is 1. The van der Waals surface area contributed by atoms with E-state index < -0.39 is 11.9 Å². The first-order chi connectivity index (χ1) is 8.58. The van der Waals surface area contributed by atoms with E-state index in [4.69, 9.17) is 0 Å². The molecule has 5 heteroatoms. The smallest absolute Gasteiger partial charge is 0.312 e. The third-order valence-corrected chi connectivity index (χ3v) is 2.82.